The summed E-state index contributed by atoms with van der Waals surface area (Å²) < 4.78 is 28.0. The second-order valence-corrected chi connectivity index (χ2v) is 6.38. The molecule has 1 unspecified atom stereocenters. The Labute approximate surface area is 163 Å². The number of hydrogen-bond donors (Lipinski definition) is 2. The van der Waals surface area contributed by atoms with Crippen LogP contribution in [0.15, 0.2) is 54.9 Å². The maximum atomic E-state index is 13.9. The van der Waals surface area contributed by atoms with E-state index in [0.717, 1.165) is 10.7 Å². The summed E-state index contributed by atoms with van der Waals surface area (Å²) in [4.78, 5) is 23.7. The number of carboxylic acid groups (broad SMARTS) is 1. The van der Waals surface area contributed by atoms with Gasteiger partial charge in [0.2, 0.25) is 0 Å². The highest BCUT2D eigenvalue weighted by Gasteiger charge is 2.20. The van der Waals surface area contributed by atoms with Crippen molar-refractivity contribution in [2.45, 2.75) is 12.5 Å². The van der Waals surface area contributed by atoms with Crippen molar-refractivity contribution in [3.63, 3.8) is 0 Å². The minimum Gasteiger partial charge on any atom is -0.481 e. The highest BCUT2D eigenvalue weighted by molar-refractivity contribution is 6.30. The average molecular weight is 406 g/mol. The maximum absolute atomic E-state index is 13.9. The van der Waals surface area contributed by atoms with Crippen LogP contribution in [0.5, 0.6) is 0 Å². The molecule has 2 N–H and O–H groups in total. The molecule has 0 aliphatic carbocycles. The first kappa shape index (κ1) is 19.5. The van der Waals surface area contributed by atoms with E-state index < -0.39 is 29.6 Å². The smallest absolute Gasteiger partial charge is 0.305 e. The number of nitrogens with zero attached hydrogens (tertiary/aromatic N) is 2. The molecule has 1 amide bonds. The zero-order valence-electron chi connectivity index (χ0n) is 14.3. The molecule has 0 spiro atoms. The van der Waals surface area contributed by atoms with Crippen molar-refractivity contribution in [2.75, 3.05) is 0 Å². The van der Waals surface area contributed by atoms with E-state index in [-0.39, 0.29) is 17.7 Å². The fourth-order valence-electron chi connectivity index (χ4n) is 2.60. The Kier molecular flexibility index (Phi) is 5.70. The van der Waals surface area contributed by atoms with E-state index in [1.807, 2.05) is 0 Å². The fourth-order valence-corrected chi connectivity index (χ4v) is 2.73. The zero-order valence-corrected chi connectivity index (χ0v) is 15.0. The zero-order chi connectivity index (χ0) is 20.3. The monoisotopic (exact) mass is 405 g/mol. The number of carboxylic acids is 1. The molecule has 0 bridgehead atoms. The van der Waals surface area contributed by atoms with Crippen molar-refractivity contribution >= 4 is 23.5 Å². The van der Waals surface area contributed by atoms with Crippen LogP contribution in [0.3, 0.4) is 0 Å². The van der Waals surface area contributed by atoms with Crippen molar-refractivity contribution in [1.82, 2.24) is 15.1 Å². The van der Waals surface area contributed by atoms with Crippen molar-refractivity contribution in [3.05, 3.63) is 82.6 Å². The SMILES string of the molecule is O=C(O)CC(NC(=O)c1cnn(-c2ccc(F)cc2F)c1)c1ccc(Cl)cc1. The lowest BCUT2D eigenvalue weighted by molar-refractivity contribution is -0.137. The van der Waals surface area contributed by atoms with Gasteiger partial charge in [-0.25, -0.2) is 13.5 Å². The summed E-state index contributed by atoms with van der Waals surface area (Å²) in [6.07, 6.45) is 2.14. The molecule has 0 saturated heterocycles. The topological polar surface area (TPSA) is 84.2 Å². The average Bonchev–Trinajstić information content (AvgIpc) is 3.11. The Morgan fingerprint density at radius 1 is 1.18 bits per heavy atom. The molecule has 0 saturated carbocycles. The summed E-state index contributed by atoms with van der Waals surface area (Å²) in [5.41, 5.74) is 0.630. The van der Waals surface area contributed by atoms with E-state index in [0.29, 0.717) is 16.7 Å². The predicted molar refractivity (Wildman–Crippen MR) is 97.4 cm³/mol. The van der Waals surface area contributed by atoms with Crippen molar-refractivity contribution in [2.24, 2.45) is 0 Å². The van der Waals surface area contributed by atoms with E-state index >= 15 is 0 Å². The highest BCUT2D eigenvalue weighted by Crippen LogP contribution is 2.21. The number of aliphatic carboxylic acids is 1. The molecule has 1 aromatic heterocycles. The molecule has 3 rings (SSSR count). The van der Waals surface area contributed by atoms with E-state index in [9.17, 15) is 18.4 Å². The van der Waals surface area contributed by atoms with Gasteiger partial charge >= 0.3 is 5.97 Å². The van der Waals surface area contributed by atoms with Crippen LogP contribution in [-0.4, -0.2) is 26.8 Å². The van der Waals surface area contributed by atoms with Gasteiger partial charge in [-0.05, 0) is 29.8 Å². The van der Waals surface area contributed by atoms with E-state index in [1.165, 1.54) is 18.5 Å². The summed E-state index contributed by atoms with van der Waals surface area (Å²) >= 11 is 5.84. The van der Waals surface area contributed by atoms with Crippen molar-refractivity contribution < 1.29 is 23.5 Å². The van der Waals surface area contributed by atoms with Crippen LogP contribution in [-0.2, 0) is 4.79 Å². The van der Waals surface area contributed by atoms with Gasteiger partial charge in [-0.15, -0.1) is 0 Å². The number of carbonyl (C=O) groups excluding carboxylic acids is 1. The molecular weight excluding hydrogens is 392 g/mol. The standard InChI is InChI=1S/C19H14ClF2N3O3/c20-13-3-1-11(2-4-13)16(8-18(26)27)24-19(28)12-9-23-25(10-12)17-6-5-14(21)7-15(17)22/h1-7,9-10,16H,8H2,(H,24,28)(H,26,27). The Hall–Kier alpha value is -3.26. The van der Waals surface area contributed by atoms with Gasteiger partial charge in [0.25, 0.3) is 5.91 Å². The quantitative estimate of drug-likeness (QED) is 0.654. The molecular formula is C19H14ClF2N3O3. The number of hydrogen-bond acceptors (Lipinski definition) is 3. The normalized spacial score (nSPS) is 11.8. The first-order chi connectivity index (χ1) is 13.3. The number of rotatable bonds is 6. The molecule has 1 atom stereocenters. The first-order valence-corrected chi connectivity index (χ1v) is 8.49. The Morgan fingerprint density at radius 3 is 2.54 bits per heavy atom. The van der Waals surface area contributed by atoms with Gasteiger partial charge in [0, 0.05) is 17.3 Å². The second kappa shape index (κ2) is 8.18. The van der Waals surface area contributed by atoms with Crippen molar-refractivity contribution in [1.29, 1.82) is 0 Å². The lowest BCUT2D eigenvalue weighted by atomic mass is 10.0. The number of halogens is 3. The van der Waals surface area contributed by atoms with Gasteiger partial charge in [0.1, 0.15) is 11.5 Å². The lowest BCUT2D eigenvalue weighted by Crippen LogP contribution is -2.30. The van der Waals surface area contributed by atoms with Crippen LogP contribution in [0, 0.1) is 11.6 Å². The summed E-state index contributed by atoms with van der Waals surface area (Å²) in [7, 11) is 0. The summed E-state index contributed by atoms with van der Waals surface area (Å²) in [5.74, 6) is -3.25. The van der Waals surface area contributed by atoms with Gasteiger partial charge < -0.3 is 10.4 Å². The van der Waals surface area contributed by atoms with E-state index in [4.69, 9.17) is 16.7 Å². The highest BCUT2D eigenvalue weighted by atomic mass is 35.5. The molecule has 0 aliphatic heterocycles. The minimum absolute atomic E-state index is 0.0276. The molecule has 2 aromatic carbocycles. The summed E-state index contributed by atoms with van der Waals surface area (Å²) in [6.45, 7) is 0. The maximum Gasteiger partial charge on any atom is 0.305 e. The Balaban J connectivity index is 1.81. The summed E-state index contributed by atoms with van der Waals surface area (Å²) in [5, 5.41) is 16.1. The largest absolute Gasteiger partial charge is 0.481 e. The number of benzene rings is 2. The first-order valence-electron chi connectivity index (χ1n) is 8.11. The van der Waals surface area contributed by atoms with Crippen molar-refractivity contribution in [3.8, 4) is 5.69 Å². The van der Waals surface area contributed by atoms with Crippen LogP contribution in [0.25, 0.3) is 5.69 Å². The molecule has 3 aromatic rings. The third-order valence-corrected chi connectivity index (χ3v) is 4.21. The van der Waals surface area contributed by atoms with Gasteiger partial charge in [0.05, 0.1) is 24.2 Å². The Morgan fingerprint density at radius 2 is 1.89 bits per heavy atom. The van der Waals surface area contributed by atoms with Gasteiger partial charge in [-0.2, -0.15) is 5.10 Å². The van der Waals surface area contributed by atoms with E-state index in [1.54, 1.807) is 24.3 Å². The fraction of sp³-hybridized carbons (Fsp3) is 0.105. The molecule has 28 heavy (non-hydrogen) atoms. The van der Waals surface area contributed by atoms with Gasteiger partial charge in [0.15, 0.2) is 5.82 Å². The summed E-state index contributed by atoms with van der Waals surface area (Å²) in [6, 6.07) is 8.60. The lowest BCUT2D eigenvalue weighted by Gasteiger charge is -2.17. The number of amides is 1. The third kappa shape index (κ3) is 4.52. The second-order valence-electron chi connectivity index (χ2n) is 5.94. The van der Waals surface area contributed by atoms with Crippen LogP contribution in [0.4, 0.5) is 8.78 Å². The molecule has 144 valence electrons. The molecule has 6 nitrogen and oxygen atoms in total. The van der Waals surface area contributed by atoms with Crippen LogP contribution >= 0.6 is 11.6 Å². The number of aromatic nitrogens is 2. The molecule has 0 aliphatic rings. The third-order valence-electron chi connectivity index (χ3n) is 3.96. The Bertz CT molecular complexity index is 1020. The molecule has 0 radical (unpaired) electrons. The number of nitrogens with one attached hydrogen (secondary N) is 1. The van der Waals surface area contributed by atoms with Crippen LogP contribution in [0.1, 0.15) is 28.4 Å². The molecule has 0 fully saturated rings. The predicted octanol–water partition coefficient (Wildman–Crippen LogP) is 3.75. The van der Waals surface area contributed by atoms with Gasteiger partial charge in [-0.3, -0.25) is 9.59 Å². The molecule has 9 heteroatoms. The van der Waals surface area contributed by atoms with Crippen LogP contribution in [0.2, 0.25) is 5.02 Å². The van der Waals surface area contributed by atoms with Crippen LogP contribution < -0.4 is 5.32 Å². The number of carbonyl (C=O) groups is 2. The minimum atomic E-state index is -1.09. The van der Waals surface area contributed by atoms with Gasteiger partial charge in [-0.1, -0.05) is 23.7 Å². The molecule has 1 heterocycles. The van der Waals surface area contributed by atoms with E-state index in [2.05, 4.69) is 10.4 Å².